The summed E-state index contributed by atoms with van der Waals surface area (Å²) in [7, 11) is 0. The van der Waals surface area contributed by atoms with Gasteiger partial charge in [-0.05, 0) is 49.2 Å². The maximum atomic E-state index is 12.0. The molecule has 0 N–H and O–H groups in total. The molecule has 0 radical (unpaired) electrons. The van der Waals surface area contributed by atoms with Crippen LogP contribution in [0, 0.1) is 4.91 Å². The molecule has 1 aliphatic heterocycles. The molecule has 122 valence electrons. The lowest BCUT2D eigenvalue weighted by molar-refractivity contribution is -0.122. The predicted octanol–water partition coefficient (Wildman–Crippen LogP) is 3.36. The number of aryl methyl sites for hydroxylation is 1. The lowest BCUT2D eigenvalue weighted by atomic mass is 10.1. The van der Waals surface area contributed by atoms with Gasteiger partial charge < -0.3 is 4.74 Å². The van der Waals surface area contributed by atoms with Gasteiger partial charge in [0, 0.05) is 0 Å². The monoisotopic (exact) mass is 334 g/mol. The first-order valence-corrected chi connectivity index (χ1v) is 8.22. The number of nitrogens with zero attached hydrogens (tertiary/aromatic N) is 2. The van der Waals surface area contributed by atoms with E-state index in [1.807, 2.05) is 31.2 Å². The molecule has 2 amide bonds. The van der Waals surface area contributed by atoms with Crippen LogP contribution in [0.4, 0.5) is 4.79 Å². The van der Waals surface area contributed by atoms with Gasteiger partial charge in [-0.2, -0.15) is 4.91 Å². The first-order valence-electron chi connectivity index (χ1n) is 7.40. The Balaban J connectivity index is 1.89. The fraction of sp³-hybridized carbons (Fsp3) is 0.375. The number of allylic oxidation sites excluding steroid dienone is 1. The molecule has 1 aromatic rings. The summed E-state index contributed by atoms with van der Waals surface area (Å²) in [5.41, 5.74) is 1.13. The molecule has 0 saturated carbocycles. The van der Waals surface area contributed by atoms with Crippen molar-refractivity contribution in [2.24, 2.45) is 5.18 Å². The molecule has 0 unspecified atom stereocenters. The highest BCUT2D eigenvalue weighted by molar-refractivity contribution is 8.18. The minimum Gasteiger partial charge on any atom is -0.494 e. The number of amides is 2. The van der Waals surface area contributed by atoms with Crippen molar-refractivity contribution >= 4 is 22.9 Å². The number of nitroso groups, excluding NO2 is 1. The Morgan fingerprint density at radius 1 is 1.26 bits per heavy atom. The van der Waals surface area contributed by atoms with Crippen LogP contribution in [-0.4, -0.2) is 35.7 Å². The molecule has 0 aromatic heterocycles. The van der Waals surface area contributed by atoms with Gasteiger partial charge in [0.15, 0.2) is 0 Å². The smallest absolute Gasteiger partial charge is 0.293 e. The third-order valence-corrected chi connectivity index (χ3v) is 4.24. The zero-order valence-electron chi connectivity index (χ0n) is 12.9. The van der Waals surface area contributed by atoms with Crippen molar-refractivity contribution < 1.29 is 14.3 Å². The van der Waals surface area contributed by atoms with Crippen molar-refractivity contribution in [3.63, 3.8) is 0 Å². The van der Waals surface area contributed by atoms with Crippen molar-refractivity contribution in [1.82, 2.24) is 4.90 Å². The Labute approximate surface area is 138 Å². The van der Waals surface area contributed by atoms with E-state index in [2.05, 4.69) is 5.18 Å². The number of thioether (sulfide) groups is 1. The van der Waals surface area contributed by atoms with Crippen LogP contribution in [0.25, 0.3) is 0 Å². The average molecular weight is 334 g/mol. The molecular formula is C16H18N2O4S. The zero-order chi connectivity index (χ0) is 16.7. The van der Waals surface area contributed by atoms with Crippen molar-refractivity contribution in [3.8, 4) is 5.75 Å². The summed E-state index contributed by atoms with van der Waals surface area (Å²) in [6, 6.07) is 7.80. The highest BCUT2D eigenvalue weighted by Gasteiger charge is 2.34. The number of rotatable bonds is 8. The third kappa shape index (κ3) is 4.66. The lowest BCUT2D eigenvalue weighted by Gasteiger charge is -2.08. The van der Waals surface area contributed by atoms with Gasteiger partial charge in [0.05, 0.1) is 24.6 Å². The van der Waals surface area contributed by atoms with Gasteiger partial charge in [0.2, 0.25) is 0 Å². The fourth-order valence-electron chi connectivity index (χ4n) is 2.16. The second-order valence-corrected chi connectivity index (χ2v) is 5.85. The molecule has 1 aromatic carbocycles. The molecular weight excluding hydrogens is 316 g/mol. The van der Waals surface area contributed by atoms with E-state index in [9.17, 15) is 14.5 Å². The second kappa shape index (κ2) is 8.47. The highest BCUT2D eigenvalue weighted by atomic mass is 32.2. The first-order chi connectivity index (χ1) is 11.2. The summed E-state index contributed by atoms with van der Waals surface area (Å²) in [4.78, 5) is 35.3. The van der Waals surface area contributed by atoms with Crippen LogP contribution in [0.15, 0.2) is 40.4 Å². The highest BCUT2D eigenvalue weighted by Crippen LogP contribution is 2.30. The summed E-state index contributed by atoms with van der Waals surface area (Å²) in [6.07, 6.45) is 3.21. The summed E-state index contributed by atoms with van der Waals surface area (Å²) >= 11 is 0.911. The molecule has 0 spiro atoms. The van der Waals surface area contributed by atoms with Crippen LogP contribution >= 0.6 is 11.8 Å². The van der Waals surface area contributed by atoms with Crippen LogP contribution in [0.2, 0.25) is 0 Å². The van der Waals surface area contributed by atoms with Gasteiger partial charge in [0.25, 0.3) is 11.1 Å². The van der Waals surface area contributed by atoms with E-state index < -0.39 is 0 Å². The number of carbonyl (C=O) groups is 2. The average Bonchev–Trinajstić information content (AvgIpc) is 2.81. The summed E-state index contributed by atoms with van der Waals surface area (Å²) in [6.45, 7) is 2.54. The van der Waals surface area contributed by atoms with E-state index >= 15 is 0 Å². The lowest BCUT2D eigenvalue weighted by Crippen LogP contribution is -2.30. The van der Waals surface area contributed by atoms with E-state index in [1.165, 1.54) is 0 Å². The SMILES string of the molecule is CCOc1ccc(CC/C=C2\SC(=O)N(CCN=O)C2=O)cc1. The van der Waals surface area contributed by atoms with E-state index in [0.29, 0.717) is 17.9 Å². The largest absolute Gasteiger partial charge is 0.494 e. The molecule has 1 heterocycles. The minimum atomic E-state index is -0.342. The van der Waals surface area contributed by atoms with E-state index in [1.54, 1.807) is 6.08 Å². The number of hydrogen-bond donors (Lipinski definition) is 0. The predicted molar refractivity (Wildman–Crippen MR) is 89.4 cm³/mol. The molecule has 1 saturated heterocycles. The Kier molecular flexibility index (Phi) is 6.34. The fourth-order valence-corrected chi connectivity index (χ4v) is 3.03. The molecule has 1 aliphatic rings. The summed E-state index contributed by atoms with van der Waals surface area (Å²) < 4.78 is 5.38. The van der Waals surface area contributed by atoms with E-state index in [0.717, 1.165) is 34.4 Å². The quantitative estimate of drug-likeness (QED) is 0.538. The summed E-state index contributed by atoms with van der Waals surface area (Å²) in [5, 5.41) is 2.34. The van der Waals surface area contributed by atoms with Crippen LogP contribution in [0.5, 0.6) is 5.75 Å². The van der Waals surface area contributed by atoms with E-state index in [4.69, 9.17) is 4.74 Å². The molecule has 0 bridgehead atoms. The van der Waals surface area contributed by atoms with Gasteiger partial charge in [-0.25, -0.2) is 0 Å². The molecule has 0 aliphatic carbocycles. The van der Waals surface area contributed by atoms with Crippen LogP contribution in [0.1, 0.15) is 18.9 Å². The third-order valence-electron chi connectivity index (χ3n) is 3.29. The molecule has 7 heteroatoms. The standard InChI is InChI=1S/C16H18N2O4S/c1-2-22-13-8-6-12(7-9-13)4-3-5-14-15(19)18(11-10-17-21)16(20)23-14/h5-9H,2-4,10-11H2,1H3/b14-5-. The Morgan fingerprint density at radius 3 is 2.65 bits per heavy atom. The van der Waals surface area contributed by atoms with E-state index in [-0.39, 0.29) is 24.2 Å². The Hall–Kier alpha value is -2.15. The molecule has 2 rings (SSSR count). The van der Waals surface area contributed by atoms with Gasteiger partial charge >= 0.3 is 0 Å². The van der Waals surface area contributed by atoms with Gasteiger partial charge in [-0.3, -0.25) is 14.5 Å². The Bertz CT molecular complexity index is 613. The normalized spacial score (nSPS) is 16.2. The van der Waals surface area contributed by atoms with Crippen molar-refractivity contribution in [2.45, 2.75) is 19.8 Å². The zero-order valence-corrected chi connectivity index (χ0v) is 13.7. The maximum absolute atomic E-state index is 12.0. The maximum Gasteiger partial charge on any atom is 0.293 e. The second-order valence-electron chi connectivity index (χ2n) is 4.86. The molecule has 0 atom stereocenters. The molecule has 23 heavy (non-hydrogen) atoms. The van der Waals surface area contributed by atoms with Crippen molar-refractivity contribution in [2.75, 3.05) is 19.7 Å². The number of hydrogen-bond acceptors (Lipinski definition) is 6. The molecule has 6 nitrogen and oxygen atoms in total. The van der Waals surface area contributed by atoms with Crippen LogP contribution < -0.4 is 4.74 Å². The van der Waals surface area contributed by atoms with Gasteiger partial charge in [-0.15, -0.1) is 0 Å². The number of imide groups is 1. The van der Waals surface area contributed by atoms with Crippen molar-refractivity contribution in [3.05, 3.63) is 45.7 Å². The summed E-state index contributed by atoms with van der Waals surface area (Å²) in [5.74, 6) is 0.497. The minimum absolute atomic E-state index is 0.0460. The Morgan fingerprint density at radius 2 is 2.00 bits per heavy atom. The first kappa shape index (κ1) is 17.2. The van der Waals surface area contributed by atoms with Crippen LogP contribution in [0.3, 0.4) is 0 Å². The van der Waals surface area contributed by atoms with Gasteiger partial charge in [-0.1, -0.05) is 23.4 Å². The number of ether oxygens (including phenoxy) is 1. The number of benzene rings is 1. The number of carbonyl (C=O) groups excluding carboxylic acids is 2. The van der Waals surface area contributed by atoms with Crippen molar-refractivity contribution in [1.29, 1.82) is 0 Å². The van der Waals surface area contributed by atoms with Gasteiger partial charge in [0.1, 0.15) is 5.75 Å². The van der Waals surface area contributed by atoms with Crippen LogP contribution in [-0.2, 0) is 11.2 Å². The molecule has 1 fully saturated rings. The topological polar surface area (TPSA) is 76.0 Å².